The topological polar surface area (TPSA) is 80.5 Å². The molecule has 0 bridgehead atoms. The van der Waals surface area contributed by atoms with Crippen LogP contribution in [0.4, 0.5) is 18.9 Å². The van der Waals surface area contributed by atoms with Crippen molar-refractivity contribution < 1.29 is 26.4 Å². The van der Waals surface area contributed by atoms with Crippen molar-refractivity contribution >= 4 is 21.6 Å². The van der Waals surface area contributed by atoms with Gasteiger partial charge >= 0.3 is 6.18 Å². The van der Waals surface area contributed by atoms with Crippen LogP contribution in [0.2, 0.25) is 0 Å². The van der Waals surface area contributed by atoms with Crippen LogP contribution in [0.25, 0.3) is 0 Å². The van der Waals surface area contributed by atoms with Gasteiger partial charge in [0.2, 0.25) is 15.9 Å². The summed E-state index contributed by atoms with van der Waals surface area (Å²) in [4.78, 5) is 11.0. The van der Waals surface area contributed by atoms with Gasteiger partial charge in [-0.25, -0.2) is 8.42 Å². The Bertz CT molecular complexity index is 637. The second-order valence-corrected chi connectivity index (χ2v) is 6.90. The van der Waals surface area contributed by atoms with Gasteiger partial charge < -0.3 is 5.73 Å². The van der Waals surface area contributed by atoms with Gasteiger partial charge in [0.25, 0.3) is 0 Å². The highest BCUT2D eigenvalue weighted by atomic mass is 32.2. The lowest BCUT2D eigenvalue weighted by molar-refractivity contribution is -0.137. The standard InChI is InChI=1S/C12H13F3N2O3S/c13-12(14,15)8-1-3-9(4-2-8)17(7-11(16)18)21(19,20)10-5-6-10/h1-4,10H,5-7H2,(H2,16,18). The zero-order chi connectivity index (χ0) is 15.8. The molecule has 0 unspecified atom stereocenters. The van der Waals surface area contributed by atoms with Crippen LogP contribution in [0.1, 0.15) is 18.4 Å². The highest BCUT2D eigenvalue weighted by molar-refractivity contribution is 7.93. The molecule has 1 aliphatic rings. The molecule has 1 amide bonds. The number of halogens is 3. The van der Waals surface area contributed by atoms with Gasteiger partial charge in [-0.05, 0) is 37.1 Å². The minimum absolute atomic E-state index is 0.00583. The number of alkyl halides is 3. The van der Waals surface area contributed by atoms with Crippen LogP contribution < -0.4 is 10.0 Å². The van der Waals surface area contributed by atoms with E-state index in [9.17, 15) is 26.4 Å². The van der Waals surface area contributed by atoms with Crippen LogP contribution in [-0.2, 0) is 21.0 Å². The van der Waals surface area contributed by atoms with Gasteiger partial charge in [0.05, 0.1) is 16.5 Å². The third-order valence-electron chi connectivity index (χ3n) is 3.03. The lowest BCUT2D eigenvalue weighted by atomic mass is 10.2. The van der Waals surface area contributed by atoms with E-state index in [1.165, 1.54) is 0 Å². The summed E-state index contributed by atoms with van der Waals surface area (Å²) in [6.45, 7) is -0.593. The SMILES string of the molecule is NC(=O)CN(c1ccc(C(F)(F)F)cc1)S(=O)(=O)C1CC1. The third kappa shape index (κ3) is 3.46. The molecule has 0 spiro atoms. The summed E-state index contributed by atoms with van der Waals surface area (Å²) in [5.74, 6) is -0.876. The number of sulfonamides is 1. The molecule has 9 heteroatoms. The summed E-state index contributed by atoms with van der Waals surface area (Å²) in [6.07, 6.45) is -3.57. The predicted molar refractivity (Wildman–Crippen MR) is 69.9 cm³/mol. The van der Waals surface area contributed by atoms with Crippen molar-refractivity contribution in [1.82, 2.24) is 0 Å². The Labute approximate surface area is 119 Å². The average molecular weight is 322 g/mol. The van der Waals surface area contributed by atoms with Crippen LogP contribution in [0, 0.1) is 0 Å². The maximum atomic E-state index is 12.5. The number of rotatable bonds is 5. The summed E-state index contributed by atoms with van der Waals surface area (Å²) in [5.41, 5.74) is 4.12. The van der Waals surface area contributed by atoms with Gasteiger partial charge in [-0.1, -0.05) is 0 Å². The normalized spacial score (nSPS) is 15.8. The summed E-state index contributed by atoms with van der Waals surface area (Å²) >= 11 is 0. The molecule has 0 heterocycles. The highest BCUT2D eigenvalue weighted by Crippen LogP contribution is 2.35. The Balaban J connectivity index is 2.35. The van der Waals surface area contributed by atoms with E-state index in [1.54, 1.807) is 0 Å². The number of carbonyl (C=O) groups excluding carboxylic acids is 1. The lowest BCUT2D eigenvalue weighted by Gasteiger charge is -2.23. The molecule has 116 valence electrons. The molecule has 21 heavy (non-hydrogen) atoms. The van der Waals surface area contributed by atoms with E-state index in [1.807, 2.05) is 0 Å². The zero-order valence-electron chi connectivity index (χ0n) is 10.8. The average Bonchev–Trinajstić information content (AvgIpc) is 3.19. The Morgan fingerprint density at radius 2 is 1.76 bits per heavy atom. The van der Waals surface area contributed by atoms with Crippen LogP contribution >= 0.6 is 0 Å². The van der Waals surface area contributed by atoms with Gasteiger partial charge in [0.15, 0.2) is 0 Å². The van der Waals surface area contributed by atoms with Crippen LogP contribution in [0.3, 0.4) is 0 Å². The highest BCUT2D eigenvalue weighted by Gasteiger charge is 2.41. The van der Waals surface area contributed by atoms with Crippen molar-refractivity contribution in [1.29, 1.82) is 0 Å². The van der Waals surface area contributed by atoms with Crippen molar-refractivity contribution in [2.24, 2.45) is 5.73 Å². The van der Waals surface area contributed by atoms with Crippen molar-refractivity contribution in [2.45, 2.75) is 24.3 Å². The molecule has 1 fully saturated rings. The monoisotopic (exact) mass is 322 g/mol. The molecule has 2 N–H and O–H groups in total. The molecular formula is C12H13F3N2O3S. The number of nitrogens with two attached hydrogens (primary N) is 1. The van der Waals surface area contributed by atoms with Gasteiger partial charge in [-0.2, -0.15) is 13.2 Å². The third-order valence-corrected chi connectivity index (χ3v) is 5.30. The molecule has 1 aliphatic carbocycles. The van der Waals surface area contributed by atoms with E-state index in [4.69, 9.17) is 5.73 Å². The minimum Gasteiger partial charge on any atom is -0.368 e. The first-order valence-corrected chi connectivity index (χ1v) is 7.60. The smallest absolute Gasteiger partial charge is 0.368 e. The van der Waals surface area contributed by atoms with E-state index in [-0.39, 0.29) is 5.69 Å². The van der Waals surface area contributed by atoms with Gasteiger partial charge in [0.1, 0.15) is 6.54 Å². The van der Waals surface area contributed by atoms with Crippen molar-refractivity contribution in [2.75, 3.05) is 10.8 Å². The van der Waals surface area contributed by atoms with Crippen LogP contribution in [-0.4, -0.2) is 26.1 Å². The summed E-state index contributed by atoms with van der Waals surface area (Å²) in [7, 11) is -3.77. The Morgan fingerprint density at radius 3 is 2.14 bits per heavy atom. The molecular weight excluding hydrogens is 309 g/mol. The van der Waals surface area contributed by atoms with E-state index < -0.39 is 39.5 Å². The number of hydrogen-bond donors (Lipinski definition) is 1. The molecule has 1 saturated carbocycles. The maximum Gasteiger partial charge on any atom is 0.416 e. The maximum absolute atomic E-state index is 12.5. The number of anilines is 1. The molecule has 1 aromatic rings. The molecule has 0 atom stereocenters. The molecule has 1 aromatic carbocycles. The van der Waals surface area contributed by atoms with Gasteiger partial charge in [-0.3, -0.25) is 9.10 Å². The number of benzene rings is 1. The molecule has 0 radical (unpaired) electrons. The second-order valence-electron chi connectivity index (χ2n) is 4.76. The van der Waals surface area contributed by atoms with Crippen molar-refractivity contribution in [3.63, 3.8) is 0 Å². The number of primary amides is 1. The summed E-state index contributed by atoms with van der Waals surface area (Å²) in [5, 5.41) is -0.598. The lowest BCUT2D eigenvalue weighted by Crippen LogP contribution is -2.40. The van der Waals surface area contributed by atoms with E-state index in [0.29, 0.717) is 12.8 Å². The minimum atomic E-state index is -4.51. The van der Waals surface area contributed by atoms with Crippen LogP contribution in [0.5, 0.6) is 0 Å². The largest absolute Gasteiger partial charge is 0.416 e. The first-order chi connectivity index (χ1) is 9.62. The molecule has 0 aliphatic heterocycles. The molecule has 0 saturated heterocycles. The number of carbonyl (C=O) groups is 1. The van der Waals surface area contributed by atoms with Gasteiger partial charge in [-0.15, -0.1) is 0 Å². The Kier molecular flexibility index (Phi) is 3.87. The molecule has 5 nitrogen and oxygen atoms in total. The first kappa shape index (κ1) is 15.6. The fourth-order valence-corrected chi connectivity index (χ4v) is 3.65. The first-order valence-electron chi connectivity index (χ1n) is 6.09. The Morgan fingerprint density at radius 1 is 1.24 bits per heavy atom. The van der Waals surface area contributed by atoms with E-state index in [2.05, 4.69) is 0 Å². The second kappa shape index (κ2) is 5.21. The van der Waals surface area contributed by atoms with Gasteiger partial charge in [0, 0.05) is 0 Å². The fourth-order valence-electron chi connectivity index (χ4n) is 1.83. The quantitative estimate of drug-likeness (QED) is 0.892. The zero-order valence-corrected chi connectivity index (χ0v) is 11.6. The predicted octanol–water partition coefficient (Wildman–Crippen LogP) is 1.49. The summed E-state index contributed by atoms with van der Waals surface area (Å²) in [6, 6.07) is 3.58. The molecule has 0 aromatic heterocycles. The van der Waals surface area contributed by atoms with Crippen LogP contribution in [0.15, 0.2) is 24.3 Å². The fraction of sp³-hybridized carbons (Fsp3) is 0.417. The molecule has 2 rings (SSSR count). The number of amides is 1. The van der Waals surface area contributed by atoms with Crippen molar-refractivity contribution in [3.05, 3.63) is 29.8 Å². The number of hydrogen-bond acceptors (Lipinski definition) is 3. The number of nitrogens with zero attached hydrogens (tertiary/aromatic N) is 1. The van der Waals surface area contributed by atoms with Crippen molar-refractivity contribution in [3.8, 4) is 0 Å². The van der Waals surface area contributed by atoms with E-state index in [0.717, 1.165) is 28.6 Å². The Hall–Kier alpha value is -1.77. The summed E-state index contributed by atoms with van der Waals surface area (Å²) < 4.78 is 62.7. The van der Waals surface area contributed by atoms with E-state index >= 15 is 0 Å².